The Morgan fingerprint density at radius 1 is 1.32 bits per heavy atom. The molecule has 122 valence electrons. The Balaban J connectivity index is 2.79. The number of anilines is 1. The number of aryl methyl sites for hydroxylation is 1. The third-order valence-corrected chi connectivity index (χ3v) is 4.04. The molecule has 0 aromatic carbocycles. The molecule has 1 aromatic heterocycles. The molecule has 0 spiro atoms. The molecule has 0 aliphatic heterocycles. The number of carboxylic acid groups (broad SMARTS) is 1. The summed E-state index contributed by atoms with van der Waals surface area (Å²) < 4.78 is 0. The van der Waals surface area contributed by atoms with Crippen molar-refractivity contribution in [1.82, 2.24) is 5.32 Å². The van der Waals surface area contributed by atoms with Crippen molar-refractivity contribution < 1.29 is 19.5 Å². The van der Waals surface area contributed by atoms with Crippen LogP contribution in [0.25, 0.3) is 0 Å². The van der Waals surface area contributed by atoms with Gasteiger partial charge >= 0.3 is 5.97 Å². The van der Waals surface area contributed by atoms with E-state index in [-0.39, 0.29) is 30.7 Å². The summed E-state index contributed by atoms with van der Waals surface area (Å²) in [5.41, 5.74) is 0.393. The third kappa shape index (κ3) is 5.85. The van der Waals surface area contributed by atoms with Crippen LogP contribution in [0.4, 0.5) is 5.00 Å². The average molecular weight is 326 g/mol. The van der Waals surface area contributed by atoms with Crippen molar-refractivity contribution >= 4 is 34.1 Å². The van der Waals surface area contributed by atoms with Gasteiger partial charge in [0.15, 0.2) is 0 Å². The zero-order valence-electron chi connectivity index (χ0n) is 13.1. The van der Waals surface area contributed by atoms with Gasteiger partial charge in [-0.1, -0.05) is 20.8 Å². The number of rotatable bonds is 8. The molecule has 0 saturated heterocycles. The minimum atomic E-state index is -0.967. The molecule has 0 bridgehead atoms. The monoisotopic (exact) mass is 326 g/mol. The minimum Gasteiger partial charge on any atom is -0.481 e. The molecule has 2 amide bonds. The molecule has 0 fully saturated rings. The second kappa shape index (κ2) is 8.53. The zero-order chi connectivity index (χ0) is 16.7. The van der Waals surface area contributed by atoms with Crippen molar-refractivity contribution in [3.05, 3.63) is 16.5 Å². The van der Waals surface area contributed by atoms with Gasteiger partial charge in [0.05, 0.1) is 12.0 Å². The summed E-state index contributed by atoms with van der Waals surface area (Å²) in [4.78, 5) is 35.5. The summed E-state index contributed by atoms with van der Waals surface area (Å²) in [5.74, 6) is -1.22. The molecule has 0 aliphatic carbocycles. The number of carboxylic acids is 1. The number of amides is 2. The molecule has 0 saturated carbocycles. The number of nitrogens with one attached hydrogen (secondary N) is 2. The van der Waals surface area contributed by atoms with Gasteiger partial charge in [-0.15, -0.1) is 11.3 Å². The number of hydrogen-bond donors (Lipinski definition) is 3. The number of aliphatic carboxylic acids is 1. The highest BCUT2D eigenvalue weighted by molar-refractivity contribution is 7.16. The Kier molecular flexibility index (Phi) is 7.04. The van der Waals surface area contributed by atoms with Gasteiger partial charge in [0.2, 0.25) is 5.91 Å². The van der Waals surface area contributed by atoms with Gasteiger partial charge in [-0.3, -0.25) is 14.4 Å². The van der Waals surface area contributed by atoms with Gasteiger partial charge < -0.3 is 15.7 Å². The van der Waals surface area contributed by atoms with Crippen molar-refractivity contribution in [2.75, 3.05) is 11.9 Å². The van der Waals surface area contributed by atoms with Crippen LogP contribution in [-0.4, -0.2) is 29.4 Å². The van der Waals surface area contributed by atoms with E-state index in [1.165, 1.54) is 11.3 Å². The molecule has 3 N–H and O–H groups in total. The predicted octanol–water partition coefficient (Wildman–Crippen LogP) is 2.50. The maximum Gasteiger partial charge on any atom is 0.305 e. The van der Waals surface area contributed by atoms with Crippen molar-refractivity contribution in [3.63, 3.8) is 0 Å². The Morgan fingerprint density at radius 2 is 2.00 bits per heavy atom. The summed E-state index contributed by atoms with van der Waals surface area (Å²) >= 11 is 1.37. The van der Waals surface area contributed by atoms with Gasteiger partial charge in [0, 0.05) is 17.8 Å². The molecule has 0 aliphatic rings. The summed E-state index contributed by atoms with van der Waals surface area (Å²) in [6, 6.07) is 1.74. The van der Waals surface area contributed by atoms with Crippen molar-refractivity contribution in [2.24, 2.45) is 5.92 Å². The lowest BCUT2D eigenvalue weighted by Crippen LogP contribution is -2.26. The lowest BCUT2D eigenvalue weighted by molar-refractivity contribution is -0.136. The molecule has 6 nitrogen and oxygen atoms in total. The lowest BCUT2D eigenvalue weighted by Gasteiger charge is -2.08. The quantitative estimate of drug-likeness (QED) is 0.684. The molecule has 1 aromatic rings. The Hall–Kier alpha value is -1.89. The van der Waals surface area contributed by atoms with Crippen molar-refractivity contribution in [1.29, 1.82) is 0 Å². The number of carbonyl (C=O) groups excluding carboxylic acids is 2. The molecule has 7 heteroatoms. The highest BCUT2D eigenvalue weighted by Gasteiger charge is 2.18. The fraction of sp³-hybridized carbons (Fsp3) is 0.533. The number of thiophene rings is 1. The molecule has 22 heavy (non-hydrogen) atoms. The predicted molar refractivity (Wildman–Crippen MR) is 86.4 cm³/mol. The first kappa shape index (κ1) is 18.2. The topological polar surface area (TPSA) is 95.5 Å². The molecular weight excluding hydrogens is 304 g/mol. The van der Waals surface area contributed by atoms with Gasteiger partial charge in [-0.25, -0.2) is 0 Å². The highest BCUT2D eigenvalue weighted by atomic mass is 32.1. The second-order valence-electron chi connectivity index (χ2n) is 5.35. The van der Waals surface area contributed by atoms with E-state index >= 15 is 0 Å². The standard InChI is InChI=1S/C15H22N2O4S/c1-4-10-8-11(14(21)16-6-5-13(19)20)15(22-10)17-12(18)7-9(2)3/h8-9H,4-7H2,1-3H3,(H,16,21)(H,17,18)(H,19,20). The lowest BCUT2D eigenvalue weighted by atomic mass is 10.1. The molecule has 0 unspecified atom stereocenters. The van der Waals surface area contributed by atoms with E-state index in [9.17, 15) is 14.4 Å². The van der Waals surface area contributed by atoms with Gasteiger partial charge in [0.25, 0.3) is 5.91 Å². The van der Waals surface area contributed by atoms with E-state index in [1.54, 1.807) is 6.07 Å². The molecule has 0 atom stereocenters. The largest absolute Gasteiger partial charge is 0.481 e. The maximum atomic E-state index is 12.1. The molecule has 1 rings (SSSR count). The number of hydrogen-bond acceptors (Lipinski definition) is 4. The first-order valence-electron chi connectivity index (χ1n) is 7.26. The van der Waals surface area contributed by atoms with Gasteiger partial charge in [-0.05, 0) is 18.4 Å². The van der Waals surface area contributed by atoms with E-state index in [4.69, 9.17) is 5.11 Å². The third-order valence-electron chi connectivity index (χ3n) is 2.85. The summed E-state index contributed by atoms with van der Waals surface area (Å²) in [5, 5.41) is 14.5. The van der Waals surface area contributed by atoms with Gasteiger partial charge in [0.1, 0.15) is 5.00 Å². The first-order chi connectivity index (χ1) is 10.3. The highest BCUT2D eigenvalue weighted by Crippen LogP contribution is 2.29. The smallest absolute Gasteiger partial charge is 0.305 e. The van der Waals surface area contributed by atoms with E-state index in [0.717, 1.165) is 11.3 Å². The Morgan fingerprint density at radius 3 is 2.55 bits per heavy atom. The van der Waals surface area contributed by atoms with Crippen LogP contribution in [0.5, 0.6) is 0 Å². The van der Waals surface area contributed by atoms with Crippen LogP contribution < -0.4 is 10.6 Å². The first-order valence-corrected chi connectivity index (χ1v) is 8.07. The van der Waals surface area contributed by atoms with Crippen LogP contribution in [0.1, 0.15) is 48.8 Å². The van der Waals surface area contributed by atoms with Crippen LogP contribution in [0.2, 0.25) is 0 Å². The fourth-order valence-electron chi connectivity index (χ4n) is 1.80. The zero-order valence-corrected chi connectivity index (χ0v) is 13.9. The molecule has 0 radical (unpaired) electrons. The normalized spacial score (nSPS) is 10.5. The summed E-state index contributed by atoms with van der Waals surface area (Å²) in [6.45, 7) is 5.93. The van der Waals surface area contributed by atoms with Crippen molar-refractivity contribution in [2.45, 2.75) is 40.0 Å². The molecule has 1 heterocycles. The van der Waals surface area contributed by atoms with Gasteiger partial charge in [-0.2, -0.15) is 0 Å². The average Bonchev–Trinajstić information content (AvgIpc) is 2.80. The summed E-state index contributed by atoms with van der Waals surface area (Å²) in [6.07, 6.45) is 1.02. The maximum absolute atomic E-state index is 12.1. The number of carbonyl (C=O) groups is 3. The van der Waals surface area contributed by atoms with Crippen LogP contribution in [0.3, 0.4) is 0 Å². The van der Waals surface area contributed by atoms with Crippen LogP contribution >= 0.6 is 11.3 Å². The van der Waals surface area contributed by atoms with E-state index in [0.29, 0.717) is 17.0 Å². The fourth-order valence-corrected chi connectivity index (χ4v) is 2.81. The molecular formula is C15H22N2O4S. The Labute approximate surface area is 133 Å². The minimum absolute atomic E-state index is 0.0604. The van der Waals surface area contributed by atoms with Crippen LogP contribution in [-0.2, 0) is 16.0 Å². The van der Waals surface area contributed by atoms with Crippen LogP contribution in [0.15, 0.2) is 6.07 Å². The SMILES string of the molecule is CCc1cc(C(=O)NCCC(=O)O)c(NC(=O)CC(C)C)s1. The summed E-state index contributed by atoms with van der Waals surface area (Å²) in [7, 11) is 0. The second-order valence-corrected chi connectivity index (χ2v) is 6.49. The van der Waals surface area contributed by atoms with E-state index in [1.807, 2.05) is 20.8 Å². The van der Waals surface area contributed by atoms with E-state index in [2.05, 4.69) is 10.6 Å². The van der Waals surface area contributed by atoms with Crippen LogP contribution in [0, 0.1) is 5.92 Å². The van der Waals surface area contributed by atoms with E-state index < -0.39 is 5.97 Å². The van der Waals surface area contributed by atoms with Crippen molar-refractivity contribution in [3.8, 4) is 0 Å². The Bertz CT molecular complexity index is 552.